The molecule has 0 radical (unpaired) electrons. The van der Waals surface area contributed by atoms with Crippen LogP contribution in [0.1, 0.15) is 11.1 Å². The number of rotatable bonds is 5. The zero-order chi connectivity index (χ0) is 19.5. The van der Waals surface area contributed by atoms with E-state index in [9.17, 15) is 9.59 Å². The summed E-state index contributed by atoms with van der Waals surface area (Å²) < 4.78 is 6.52. The number of nitriles is 1. The number of hydrogen-bond acceptors (Lipinski definition) is 7. The molecule has 0 N–H and O–H groups in total. The van der Waals surface area contributed by atoms with Gasteiger partial charge in [-0.2, -0.15) is 5.26 Å². The Labute approximate surface area is 167 Å². The fourth-order valence-corrected chi connectivity index (χ4v) is 4.44. The van der Waals surface area contributed by atoms with Crippen LogP contribution in [0.15, 0.2) is 58.3 Å². The second kappa shape index (κ2) is 7.76. The Morgan fingerprint density at radius 3 is 2.75 bits per heavy atom. The van der Waals surface area contributed by atoms with Crippen LogP contribution in [0.25, 0.3) is 20.7 Å². The zero-order valence-electron chi connectivity index (χ0n) is 14.5. The highest BCUT2D eigenvalue weighted by Crippen LogP contribution is 2.33. The van der Waals surface area contributed by atoms with Gasteiger partial charge in [-0.1, -0.05) is 18.2 Å². The van der Waals surface area contributed by atoms with Gasteiger partial charge in [0.2, 0.25) is 0 Å². The minimum Gasteiger partial charge on any atom is -0.459 e. The van der Waals surface area contributed by atoms with E-state index in [2.05, 4.69) is 4.98 Å². The molecule has 28 heavy (non-hydrogen) atoms. The predicted octanol–water partition coefficient (Wildman–Crippen LogP) is 3.80. The van der Waals surface area contributed by atoms with Crippen LogP contribution in [0.4, 0.5) is 0 Å². The van der Waals surface area contributed by atoms with Crippen LogP contribution >= 0.6 is 22.7 Å². The summed E-state index contributed by atoms with van der Waals surface area (Å²) in [6.45, 7) is -0.133. The number of esters is 1. The van der Waals surface area contributed by atoms with Crippen molar-refractivity contribution in [2.75, 3.05) is 0 Å². The molecule has 0 aliphatic carbocycles. The van der Waals surface area contributed by atoms with E-state index >= 15 is 0 Å². The van der Waals surface area contributed by atoms with Gasteiger partial charge in [0.1, 0.15) is 18.0 Å². The van der Waals surface area contributed by atoms with Crippen molar-refractivity contribution in [3.8, 4) is 16.5 Å². The van der Waals surface area contributed by atoms with E-state index in [0.717, 1.165) is 16.0 Å². The van der Waals surface area contributed by atoms with E-state index in [1.165, 1.54) is 22.2 Å². The lowest BCUT2D eigenvalue weighted by molar-refractivity contribution is -0.145. The average molecular weight is 407 g/mol. The molecule has 8 heteroatoms. The van der Waals surface area contributed by atoms with E-state index in [-0.39, 0.29) is 18.7 Å². The van der Waals surface area contributed by atoms with Crippen LogP contribution in [0.3, 0.4) is 0 Å². The number of nitrogens with zero attached hydrogens (tertiary/aromatic N) is 3. The first kappa shape index (κ1) is 18.1. The van der Waals surface area contributed by atoms with E-state index in [1.807, 2.05) is 29.0 Å². The summed E-state index contributed by atoms with van der Waals surface area (Å²) >= 11 is 2.96. The van der Waals surface area contributed by atoms with Gasteiger partial charge in [-0.05, 0) is 29.1 Å². The molecule has 0 aliphatic rings. The topological polar surface area (TPSA) is 85.0 Å². The van der Waals surface area contributed by atoms with Crippen LogP contribution in [0.5, 0.6) is 0 Å². The maximum absolute atomic E-state index is 12.9. The van der Waals surface area contributed by atoms with Gasteiger partial charge >= 0.3 is 5.97 Å². The number of aromatic nitrogens is 2. The Balaban J connectivity index is 1.52. The van der Waals surface area contributed by atoms with Gasteiger partial charge < -0.3 is 4.74 Å². The third-order valence-electron chi connectivity index (χ3n) is 4.13. The molecular formula is C20H13N3O3S2. The Hall–Kier alpha value is -3.28. The maximum Gasteiger partial charge on any atom is 0.326 e. The number of carbonyl (C=O) groups excluding carboxylic acids is 1. The van der Waals surface area contributed by atoms with Gasteiger partial charge in [0.25, 0.3) is 5.56 Å². The van der Waals surface area contributed by atoms with Gasteiger partial charge in [-0.15, -0.1) is 22.7 Å². The molecule has 4 aromatic rings. The van der Waals surface area contributed by atoms with Crippen molar-refractivity contribution in [2.24, 2.45) is 0 Å². The first-order valence-electron chi connectivity index (χ1n) is 8.31. The molecule has 0 saturated carbocycles. The second-order valence-electron chi connectivity index (χ2n) is 5.95. The number of thiophene rings is 2. The lowest BCUT2D eigenvalue weighted by atomic mass is 10.2. The molecular weight excluding hydrogens is 394 g/mol. The van der Waals surface area contributed by atoms with Gasteiger partial charge in [0.05, 0.1) is 23.3 Å². The summed E-state index contributed by atoms with van der Waals surface area (Å²) in [5.41, 5.74) is 1.89. The van der Waals surface area contributed by atoms with Crippen LogP contribution < -0.4 is 5.56 Å². The monoisotopic (exact) mass is 407 g/mol. The number of ether oxygens (including phenoxy) is 1. The van der Waals surface area contributed by atoms with E-state index < -0.39 is 5.97 Å². The van der Waals surface area contributed by atoms with Crippen molar-refractivity contribution in [1.82, 2.24) is 9.55 Å². The Morgan fingerprint density at radius 2 is 2.04 bits per heavy atom. The quantitative estimate of drug-likeness (QED) is 0.470. The molecule has 0 aliphatic heterocycles. The van der Waals surface area contributed by atoms with E-state index in [0.29, 0.717) is 15.8 Å². The fraction of sp³-hybridized carbons (Fsp3) is 0.100. The average Bonchev–Trinajstić information content (AvgIpc) is 3.38. The van der Waals surface area contributed by atoms with E-state index in [1.54, 1.807) is 35.6 Å². The Bertz CT molecular complexity index is 1230. The lowest BCUT2D eigenvalue weighted by Gasteiger charge is -2.07. The van der Waals surface area contributed by atoms with Gasteiger partial charge in [-0.3, -0.25) is 14.2 Å². The minimum atomic E-state index is -0.527. The predicted molar refractivity (Wildman–Crippen MR) is 108 cm³/mol. The van der Waals surface area contributed by atoms with Crippen molar-refractivity contribution >= 4 is 38.9 Å². The minimum absolute atomic E-state index is 0.0772. The summed E-state index contributed by atoms with van der Waals surface area (Å²) in [6, 6.07) is 12.7. The number of benzene rings is 1. The molecule has 0 saturated heterocycles. The maximum atomic E-state index is 12.9. The zero-order valence-corrected chi connectivity index (χ0v) is 16.1. The highest BCUT2D eigenvalue weighted by Gasteiger charge is 2.15. The van der Waals surface area contributed by atoms with Crippen LogP contribution in [0, 0.1) is 11.3 Å². The highest BCUT2D eigenvalue weighted by atomic mass is 32.1. The number of fused-ring (bicyclic) bond motifs is 1. The van der Waals surface area contributed by atoms with Gasteiger partial charge in [0.15, 0.2) is 0 Å². The third-order valence-corrected chi connectivity index (χ3v) is 5.92. The summed E-state index contributed by atoms with van der Waals surface area (Å²) in [5.74, 6) is -0.527. The number of hydrogen-bond donors (Lipinski definition) is 0. The van der Waals surface area contributed by atoms with Crippen LogP contribution in [-0.2, 0) is 22.7 Å². The first-order valence-corrected chi connectivity index (χ1v) is 10.1. The lowest BCUT2D eigenvalue weighted by Crippen LogP contribution is -2.25. The van der Waals surface area contributed by atoms with Crippen LogP contribution in [0.2, 0.25) is 0 Å². The molecule has 0 amide bonds. The molecule has 6 nitrogen and oxygen atoms in total. The Morgan fingerprint density at radius 1 is 1.21 bits per heavy atom. The van der Waals surface area contributed by atoms with Crippen molar-refractivity contribution < 1.29 is 9.53 Å². The molecule has 0 unspecified atom stereocenters. The summed E-state index contributed by atoms with van der Waals surface area (Å²) in [6.07, 6.45) is 1.38. The molecule has 3 heterocycles. The van der Waals surface area contributed by atoms with Gasteiger partial charge in [-0.25, -0.2) is 4.98 Å². The molecule has 0 atom stereocenters. The number of carbonyl (C=O) groups is 1. The molecule has 0 fully saturated rings. The normalized spacial score (nSPS) is 10.7. The summed E-state index contributed by atoms with van der Waals surface area (Å²) in [7, 11) is 0. The van der Waals surface area contributed by atoms with Crippen molar-refractivity contribution in [2.45, 2.75) is 13.2 Å². The second-order valence-corrected chi connectivity index (χ2v) is 7.76. The van der Waals surface area contributed by atoms with E-state index in [4.69, 9.17) is 10.00 Å². The fourth-order valence-electron chi connectivity index (χ4n) is 2.72. The standard InChI is InChI=1S/C20H13N3O3S2/c21-8-13-3-5-14(6-4-13)10-26-17(24)9-23-12-22-19-18(20(23)25)15(11-28-19)16-2-1-7-27-16/h1-7,11-12H,9-10H2. The molecule has 1 aromatic carbocycles. The largest absolute Gasteiger partial charge is 0.459 e. The van der Waals surface area contributed by atoms with Crippen LogP contribution in [-0.4, -0.2) is 15.5 Å². The molecule has 3 aromatic heterocycles. The highest BCUT2D eigenvalue weighted by molar-refractivity contribution is 7.18. The molecule has 4 rings (SSSR count). The van der Waals surface area contributed by atoms with Crippen molar-refractivity contribution in [3.63, 3.8) is 0 Å². The van der Waals surface area contributed by atoms with Gasteiger partial charge in [0, 0.05) is 15.8 Å². The van der Waals surface area contributed by atoms with Crippen molar-refractivity contribution in [3.05, 3.63) is 75.0 Å². The molecule has 0 spiro atoms. The SMILES string of the molecule is N#Cc1ccc(COC(=O)Cn2cnc3scc(-c4cccs4)c3c2=O)cc1. The smallest absolute Gasteiger partial charge is 0.326 e. The Kier molecular flexibility index (Phi) is 5.02. The first-order chi connectivity index (χ1) is 13.7. The summed E-state index contributed by atoms with van der Waals surface area (Å²) in [4.78, 5) is 31.0. The van der Waals surface area contributed by atoms with Crippen molar-refractivity contribution in [1.29, 1.82) is 5.26 Å². The third kappa shape index (κ3) is 3.58. The summed E-state index contributed by atoms with van der Waals surface area (Å²) in [5, 5.41) is 13.2. The molecule has 0 bridgehead atoms. The molecule has 138 valence electrons.